The average Bonchev–Trinajstić information content (AvgIpc) is 3.13. The van der Waals surface area contributed by atoms with Crippen LogP contribution in [0.3, 0.4) is 0 Å². The van der Waals surface area contributed by atoms with Crippen LogP contribution in [0.2, 0.25) is 0 Å². The second-order valence-electron chi connectivity index (χ2n) is 6.77. The quantitative estimate of drug-likeness (QED) is 0.854. The lowest BCUT2D eigenvalue weighted by atomic mass is 9.99. The molecule has 5 nitrogen and oxygen atoms in total. The molecular formula is C19H23FN4O. The number of anilines is 2. The Morgan fingerprint density at radius 3 is 2.48 bits per heavy atom. The Morgan fingerprint density at radius 2 is 1.72 bits per heavy atom. The number of rotatable bonds is 4. The van der Waals surface area contributed by atoms with Gasteiger partial charge < -0.3 is 14.5 Å². The number of ether oxygens (including phenoxy) is 1. The van der Waals surface area contributed by atoms with Gasteiger partial charge in [0, 0.05) is 32.2 Å². The molecule has 6 heteroatoms. The van der Waals surface area contributed by atoms with Gasteiger partial charge in [0.15, 0.2) is 0 Å². The molecule has 2 saturated heterocycles. The van der Waals surface area contributed by atoms with Crippen molar-refractivity contribution in [1.29, 1.82) is 0 Å². The van der Waals surface area contributed by atoms with Crippen LogP contribution in [0.4, 0.5) is 16.0 Å². The molecule has 4 rings (SSSR count). The van der Waals surface area contributed by atoms with Crippen LogP contribution in [0.25, 0.3) is 0 Å². The van der Waals surface area contributed by atoms with E-state index in [0.29, 0.717) is 5.92 Å². The van der Waals surface area contributed by atoms with Gasteiger partial charge in [0.1, 0.15) is 23.8 Å². The van der Waals surface area contributed by atoms with Crippen molar-refractivity contribution in [1.82, 2.24) is 9.97 Å². The summed E-state index contributed by atoms with van der Waals surface area (Å²) < 4.78 is 18.5. The molecule has 0 radical (unpaired) electrons. The number of nitrogens with zero attached hydrogens (tertiary/aromatic N) is 4. The smallest absolute Gasteiger partial charge is 0.134 e. The van der Waals surface area contributed by atoms with E-state index in [1.165, 1.54) is 5.56 Å². The predicted molar refractivity (Wildman–Crippen MR) is 95.5 cm³/mol. The fourth-order valence-corrected chi connectivity index (χ4v) is 3.64. The number of hydrogen-bond donors (Lipinski definition) is 0. The van der Waals surface area contributed by atoms with Crippen molar-refractivity contribution in [2.24, 2.45) is 5.92 Å². The van der Waals surface area contributed by atoms with Crippen LogP contribution in [0, 0.1) is 11.7 Å². The van der Waals surface area contributed by atoms with E-state index < -0.39 is 0 Å². The number of morpholine rings is 1. The monoisotopic (exact) mass is 342 g/mol. The first-order valence-electron chi connectivity index (χ1n) is 8.92. The minimum atomic E-state index is -0.173. The molecule has 2 aliphatic rings. The highest BCUT2D eigenvalue weighted by molar-refractivity contribution is 5.51. The lowest BCUT2D eigenvalue weighted by Crippen LogP contribution is -2.37. The SMILES string of the molecule is Fc1ccc(CC2CCN(c3cc(N4CCOCC4)ncn3)C2)cc1. The molecule has 0 N–H and O–H groups in total. The van der Waals surface area contributed by atoms with Gasteiger partial charge in [0.25, 0.3) is 0 Å². The second-order valence-corrected chi connectivity index (χ2v) is 6.77. The Hall–Kier alpha value is -2.21. The van der Waals surface area contributed by atoms with Crippen molar-refractivity contribution < 1.29 is 9.13 Å². The van der Waals surface area contributed by atoms with Gasteiger partial charge in [-0.2, -0.15) is 0 Å². The molecule has 1 atom stereocenters. The van der Waals surface area contributed by atoms with Crippen molar-refractivity contribution in [3.8, 4) is 0 Å². The minimum Gasteiger partial charge on any atom is -0.378 e. The molecular weight excluding hydrogens is 319 g/mol. The fraction of sp³-hybridized carbons (Fsp3) is 0.474. The second kappa shape index (κ2) is 7.35. The molecule has 2 fully saturated rings. The molecule has 1 aromatic carbocycles. The number of hydrogen-bond acceptors (Lipinski definition) is 5. The normalized spacial score (nSPS) is 20.9. The van der Waals surface area contributed by atoms with Crippen molar-refractivity contribution in [3.63, 3.8) is 0 Å². The molecule has 0 spiro atoms. The molecule has 3 heterocycles. The summed E-state index contributed by atoms with van der Waals surface area (Å²) in [6.45, 7) is 5.25. The van der Waals surface area contributed by atoms with E-state index in [0.717, 1.165) is 63.9 Å². The maximum absolute atomic E-state index is 13.0. The van der Waals surface area contributed by atoms with Gasteiger partial charge in [-0.05, 0) is 36.5 Å². The lowest BCUT2D eigenvalue weighted by molar-refractivity contribution is 0.122. The highest BCUT2D eigenvalue weighted by atomic mass is 19.1. The summed E-state index contributed by atoms with van der Waals surface area (Å²) in [4.78, 5) is 13.5. The third kappa shape index (κ3) is 3.90. The van der Waals surface area contributed by atoms with Crippen LogP contribution in [0.15, 0.2) is 36.7 Å². The molecule has 1 unspecified atom stereocenters. The van der Waals surface area contributed by atoms with E-state index in [1.54, 1.807) is 18.5 Å². The minimum absolute atomic E-state index is 0.173. The Bertz CT molecular complexity index is 703. The Kier molecular flexibility index (Phi) is 4.78. The van der Waals surface area contributed by atoms with E-state index in [2.05, 4.69) is 25.8 Å². The topological polar surface area (TPSA) is 41.5 Å². The van der Waals surface area contributed by atoms with Crippen LogP contribution in [0.5, 0.6) is 0 Å². The van der Waals surface area contributed by atoms with Gasteiger partial charge in [-0.25, -0.2) is 14.4 Å². The van der Waals surface area contributed by atoms with Crippen LogP contribution >= 0.6 is 0 Å². The predicted octanol–water partition coefficient (Wildman–Crippen LogP) is 2.52. The van der Waals surface area contributed by atoms with Gasteiger partial charge in [-0.15, -0.1) is 0 Å². The van der Waals surface area contributed by atoms with Gasteiger partial charge >= 0.3 is 0 Å². The average molecular weight is 342 g/mol. The molecule has 0 bridgehead atoms. The summed E-state index contributed by atoms with van der Waals surface area (Å²) in [6.07, 6.45) is 3.78. The zero-order chi connectivity index (χ0) is 17.1. The summed E-state index contributed by atoms with van der Waals surface area (Å²) >= 11 is 0. The number of aromatic nitrogens is 2. The summed E-state index contributed by atoms with van der Waals surface area (Å²) in [5, 5.41) is 0. The van der Waals surface area contributed by atoms with Crippen LogP contribution in [-0.4, -0.2) is 49.4 Å². The first kappa shape index (κ1) is 16.3. The number of benzene rings is 1. The van der Waals surface area contributed by atoms with Crippen LogP contribution in [-0.2, 0) is 11.2 Å². The highest BCUT2D eigenvalue weighted by Crippen LogP contribution is 2.26. The maximum atomic E-state index is 13.0. The molecule has 2 aromatic rings. The highest BCUT2D eigenvalue weighted by Gasteiger charge is 2.24. The summed E-state index contributed by atoms with van der Waals surface area (Å²) in [5.41, 5.74) is 1.20. The van der Waals surface area contributed by atoms with E-state index in [4.69, 9.17) is 4.74 Å². The third-order valence-electron chi connectivity index (χ3n) is 5.02. The summed E-state index contributed by atoms with van der Waals surface area (Å²) in [5.74, 6) is 2.38. The van der Waals surface area contributed by atoms with Crippen molar-refractivity contribution >= 4 is 11.6 Å². The van der Waals surface area contributed by atoms with E-state index in [1.807, 2.05) is 12.1 Å². The van der Waals surface area contributed by atoms with Gasteiger partial charge in [-0.3, -0.25) is 0 Å². The van der Waals surface area contributed by atoms with Crippen molar-refractivity contribution in [2.75, 3.05) is 49.2 Å². The van der Waals surface area contributed by atoms with Crippen molar-refractivity contribution in [2.45, 2.75) is 12.8 Å². The third-order valence-corrected chi connectivity index (χ3v) is 5.02. The summed E-state index contributed by atoms with van der Waals surface area (Å²) in [7, 11) is 0. The molecule has 0 aliphatic carbocycles. The first-order valence-corrected chi connectivity index (χ1v) is 8.92. The zero-order valence-corrected chi connectivity index (χ0v) is 14.3. The molecule has 25 heavy (non-hydrogen) atoms. The van der Waals surface area contributed by atoms with Crippen LogP contribution in [0.1, 0.15) is 12.0 Å². The molecule has 2 aliphatic heterocycles. The molecule has 1 aromatic heterocycles. The standard InChI is InChI=1S/C19H23FN4O/c20-17-3-1-15(2-4-17)11-16-5-6-24(13-16)19-12-18(21-14-22-19)23-7-9-25-10-8-23/h1-4,12,14,16H,5-11,13H2. The largest absolute Gasteiger partial charge is 0.378 e. The Morgan fingerprint density at radius 1 is 1.00 bits per heavy atom. The molecule has 132 valence electrons. The molecule has 0 amide bonds. The zero-order valence-electron chi connectivity index (χ0n) is 14.3. The van der Waals surface area contributed by atoms with Crippen LogP contribution < -0.4 is 9.80 Å². The van der Waals surface area contributed by atoms with E-state index >= 15 is 0 Å². The van der Waals surface area contributed by atoms with E-state index in [-0.39, 0.29) is 5.82 Å². The maximum Gasteiger partial charge on any atom is 0.134 e. The number of halogens is 1. The van der Waals surface area contributed by atoms with Crippen molar-refractivity contribution in [3.05, 3.63) is 48.0 Å². The fourth-order valence-electron chi connectivity index (χ4n) is 3.64. The Labute approximate surface area is 147 Å². The van der Waals surface area contributed by atoms with Gasteiger partial charge in [0.2, 0.25) is 0 Å². The molecule has 0 saturated carbocycles. The first-order chi connectivity index (χ1) is 12.3. The van der Waals surface area contributed by atoms with E-state index in [9.17, 15) is 4.39 Å². The Balaban J connectivity index is 1.40. The summed E-state index contributed by atoms with van der Waals surface area (Å²) in [6, 6.07) is 8.95. The lowest BCUT2D eigenvalue weighted by Gasteiger charge is -2.28. The van der Waals surface area contributed by atoms with Gasteiger partial charge in [-0.1, -0.05) is 12.1 Å². The van der Waals surface area contributed by atoms with Gasteiger partial charge in [0.05, 0.1) is 13.2 Å².